The van der Waals surface area contributed by atoms with E-state index in [1.165, 1.54) is 7.11 Å². The Labute approximate surface area is 159 Å². The van der Waals surface area contributed by atoms with E-state index in [0.717, 1.165) is 22.5 Å². The highest BCUT2D eigenvalue weighted by Gasteiger charge is 2.13. The largest absolute Gasteiger partial charge is 0.468 e. The monoisotopic (exact) mass is 385 g/mol. The molecule has 1 N–H and O–H groups in total. The molecule has 0 radical (unpaired) electrons. The number of ether oxygens (including phenoxy) is 1. The number of rotatable bonds is 6. The molecule has 0 aliphatic rings. The van der Waals surface area contributed by atoms with Crippen molar-refractivity contribution in [2.45, 2.75) is 18.6 Å². The number of carbonyl (C=O) groups excluding carboxylic acids is 2. The molecule has 8 heteroatoms. The number of carbonyl (C=O) groups is 2. The SMILES string of the molecule is CCn1c(SCC(=O)NCC(=O)OC)nc2cc3ccccc3cc2c1=O. The summed E-state index contributed by atoms with van der Waals surface area (Å²) in [5.74, 6) is -0.807. The molecular formula is C19H19N3O4S. The van der Waals surface area contributed by atoms with E-state index in [9.17, 15) is 14.4 Å². The van der Waals surface area contributed by atoms with E-state index in [1.54, 1.807) is 4.57 Å². The van der Waals surface area contributed by atoms with Crippen LogP contribution in [0.25, 0.3) is 21.7 Å². The summed E-state index contributed by atoms with van der Waals surface area (Å²) in [4.78, 5) is 40.5. The van der Waals surface area contributed by atoms with Gasteiger partial charge in [0.05, 0.1) is 23.8 Å². The van der Waals surface area contributed by atoms with Crippen LogP contribution in [0.5, 0.6) is 0 Å². The van der Waals surface area contributed by atoms with Crippen molar-refractivity contribution in [3.63, 3.8) is 0 Å². The van der Waals surface area contributed by atoms with Crippen molar-refractivity contribution in [2.24, 2.45) is 0 Å². The number of esters is 1. The highest BCUT2D eigenvalue weighted by Crippen LogP contribution is 2.22. The number of fused-ring (bicyclic) bond motifs is 2. The van der Waals surface area contributed by atoms with Crippen molar-refractivity contribution < 1.29 is 14.3 Å². The van der Waals surface area contributed by atoms with Gasteiger partial charge in [-0.05, 0) is 29.8 Å². The van der Waals surface area contributed by atoms with Crippen LogP contribution in [0.3, 0.4) is 0 Å². The molecule has 0 fully saturated rings. The molecule has 0 saturated heterocycles. The Hall–Kier alpha value is -2.87. The third-order valence-corrected chi connectivity index (χ3v) is 5.07. The average Bonchev–Trinajstić information content (AvgIpc) is 2.69. The van der Waals surface area contributed by atoms with Gasteiger partial charge >= 0.3 is 5.97 Å². The van der Waals surface area contributed by atoms with E-state index in [4.69, 9.17) is 0 Å². The molecule has 1 heterocycles. The number of hydrogen-bond donors (Lipinski definition) is 1. The lowest BCUT2D eigenvalue weighted by atomic mass is 10.1. The van der Waals surface area contributed by atoms with E-state index >= 15 is 0 Å². The Morgan fingerprint density at radius 2 is 1.93 bits per heavy atom. The second-order valence-corrected chi connectivity index (χ2v) is 6.74. The number of hydrogen-bond acceptors (Lipinski definition) is 6. The lowest BCUT2D eigenvalue weighted by molar-refractivity contribution is -0.140. The van der Waals surface area contributed by atoms with Gasteiger partial charge in [-0.25, -0.2) is 4.98 Å². The minimum absolute atomic E-state index is 0.0442. The molecular weight excluding hydrogens is 366 g/mol. The molecule has 1 aromatic heterocycles. The predicted octanol–water partition coefficient (Wildman–Crippen LogP) is 1.95. The van der Waals surface area contributed by atoms with E-state index < -0.39 is 5.97 Å². The predicted molar refractivity (Wildman–Crippen MR) is 105 cm³/mol. The molecule has 0 aliphatic heterocycles. The van der Waals surface area contributed by atoms with Gasteiger partial charge in [0.25, 0.3) is 5.56 Å². The van der Waals surface area contributed by atoms with Crippen LogP contribution < -0.4 is 10.9 Å². The maximum atomic E-state index is 12.9. The van der Waals surface area contributed by atoms with Crippen molar-refractivity contribution in [1.29, 1.82) is 0 Å². The number of amides is 1. The van der Waals surface area contributed by atoms with Gasteiger partial charge in [0.2, 0.25) is 5.91 Å². The third-order valence-electron chi connectivity index (χ3n) is 4.09. The number of methoxy groups -OCH3 is 1. The van der Waals surface area contributed by atoms with Gasteiger partial charge in [-0.2, -0.15) is 0 Å². The van der Waals surface area contributed by atoms with Gasteiger partial charge in [-0.3, -0.25) is 19.0 Å². The summed E-state index contributed by atoms with van der Waals surface area (Å²) in [6, 6.07) is 11.5. The summed E-state index contributed by atoms with van der Waals surface area (Å²) in [5, 5.41) is 5.47. The van der Waals surface area contributed by atoms with Gasteiger partial charge in [-0.15, -0.1) is 0 Å². The quantitative estimate of drug-likeness (QED) is 0.302. The number of aromatic nitrogens is 2. The third kappa shape index (κ3) is 4.11. The molecule has 140 valence electrons. The number of benzene rings is 2. The van der Waals surface area contributed by atoms with Gasteiger partial charge < -0.3 is 10.1 Å². The Bertz CT molecular complexity index is 1080. The van der Waals surface area contributed by atoms with Gasteiger partial charge in [0.1, 0.15) is 6.54 Å². The molecule has 1 amide bonds. The molecule has 0 aliphatic carbocycles. The van der Waals surface area contributed by atoms with Crippen molar-refractivity contribution in [3.8, 4) is 0 Å². The first kappa shape index (κ1) is 18.9. The summed E-state index contributed by atoms with van der Waals surface area (Å²) in [6.07, 6.45) is 0. The Kier molecular flexibility index (Phi) is 5.75. The first-order valence-corrected chi connectivity index (χ1v) is 9.41. The van der Waals surface area contributed by atoms with E-state index in [0.29, 0.717) is 22.6 Å². The van der Waals surface area contributed by atoms with Crippen molar-refractivity contribution >= 4 is 45.3 Å². The van der Waals surface area contributed by atoms with E-state index in [-0.39, 0.29) is 23.8 Å². The molecule has 0 spiro atoms. The highest BCUT2D eigenvalue weighted by molar-refractivity contribution is 7.99. The van der Waals surface area contributed by atoms with Gasteiger partial charge in [-0.1, -0.05) is 36.0 Å². The first-order valence-electron chi connectivity index (χ1n) is 8.43. The molecule has 0 saturated carbocycles. The summed E-state index contributed by atoms with van der Waals surface area (Å²) in [6.45, 7) is 2.12. The lowest BCUT2D eigenvalue weighted by Crippen LogP contribution is -2.31. The zero-order valence-corrected chi connectivity index (χ0v) is 15.8. The summed E-state index contributed by atoms with van der Waals surface area (Å²) in [5.41, 5.74) is 0.464. The number of thioether (sulfide) groups is 1. The number of nitrogens with one attached hydrogen (secondary N) is 1. The second-order valence-electron chi connectivity index (χ2n) is 5.80. The number of nitrogens with zero attached hydrogens (tertiary/aromatic N) is 2. The topological polar surface area (TPSA) is 90.3 Å². The standard InChI is InChI=1S/C19H19N3O4S/c1-3-22-18(25)14-8-12-6-4-5-7-13(12)9-15(14)21-19(22)27-11-16(23)20-10-17(24)26-2/h4-9H,3,10-11H2,1-2H3,(H,20,23). The minimum Gasteiger partial charge on any atom is -0.468 e. The highest BCUT2D eigenvalue weighted by atomic mass is 32.2. The van der Waals surface area contributed by atoms with Crippen LogP contribution in [-0.4, -0.2) is 40.8 Å². The van der Waals surface area contributed by atoms with Crippen molar-refractivity contribution in [1.82, 2.24) is 14.9 Å². The van der Waals surface area contributed by atoms with E-state index in [1.807, 2.05) is 43.3 Å². The smallest absolute Gasteiger partial charge is 0.325 e. The Balaban J connectivity index is 1.90. The molecule has 0 bridgehead atoms. The van der Waals surface area contributed by atoms with Crippen LogP contribution in [0.1, 0.15) is 6.92 Å². The van der Waals surface area contributed by atoms with Crippen LogP contribution in [0, 0.1) is 0 Å². The Morgan fingerprint density at radius 3 is 2.59 bits per heavy atom. The molecule has 2 aromatic carbocycles. The molecule has 0 unspecified atom stereocenters. The van der Waals surface area contributed by atoms with Crippen LogP contribution in [0.2, 0.25) is 0 Å². The normalized spacial score (nSPS) is 10.9. The fourth-order valence-corrected chi connectivity index (χ4v) is 3.59. The Morgan fingerprint density at radius 1 is 1.22 bits per heavy atom. The molecule has 0 atom stereocenters. The van der Waals surface area contributed by atoms with Crippen molar-refractivity contribution in [2.75, 3.05) is 19.4 Å². The summed E-state index contributed by atoms with van der Waals surface area (Å²) in [7, 11) is 1.26. The second kappa shape index (κ2) is 8.22. The zero-order chi connectivity index (χ0) is 19.4. The summed E-state index contributed by atoms with van der Waals surface area (Å²) >= 11 is 1.16. The molecule has 7 nitrogen and oxygen atoms in total. The zero-order valence-electron chi connectivity index (χ0n) is 15.0. The maximum absolute atomic E-state index is 12.9. The van der Waals surface area contributed by atoms with Gasteiger partial charge in [0.15, 0.2) is 5.16 Å². The fourth-order valence-electron chi connectivity index (χ4n) is 2.70. The van der Waals surface area contributed by atoms with Gasteiger partial charge in [0, 0.05) is 6.54 Å². The van der Waals surface area contributed by atoms with Crippen LogP contribution in [-0.2, 0) is 20.9 Å². The fraction of sp³-hybridized carbons (Fsp3) is 0.263. The molecule has 3 aromatic rings. The maximum Gasteiger partial charge on any atom is 0.325 e. The molecule has 3 rings (SSSR count). The minimum atomic E-state index is -0.519. The summed E-state index contributed by atoms with van der Waals surface area (Å²) < 4.78 is 6.03. The van der Waals surface area contributed by atoms with Crippen LogP contribution >= 0.6 is 11.8 Å². The van der Waals surface area contributed by atoms with Crippen LogP contribution in [0.15, 0.2) is 46.3 Å². The average molecular weight is 385 g/mol. The van der Waals surface area contributed by atoms with Crippen LogP contribution in [0.4, 0.5) is 0 Å². The molecule has 27 heavy (non-hydrogen) atoms. The first-order chi connectivity index (χ1) is 13.0. The van der Waals surface area contributed by atoms with Crippen molar-refractivity contribution in [3.05, 3.63) is 46.8 Å². The lowest BCUT2D eigenvalue weighted by Gasteiger charge is -2.12. The van der Waals surface area contributed by atoms with E-state index in [2.05, 4.69) is 15.0 Å².